The molecule has 0 fully saturated rings. The molecule has 0 unspecified atom stereocenters. The van der Waals surface area contributed by atoms with E-state index in [2.05, 4.69) is 10.0 Å². The molecule has 0 saturated heterocycles. The Hall–Kier alpha value is -3.31. The zero-order valence-electron chi connectivity index (χ0n) is 16.3. The number of fused-ring (bicyclic) bond motifs is 1. The molecule has 10 nitrogen and oxygen atoms in total. The first-order valence-electron chi connectivity index (χ1n) is 9.07. The van der Waals surface area contributed by atoms with Gasteiger partial charge in [0.2, 0.25) is 21.8 Å². The number of anilines is 2. The highest BCUT2D eigenvalue weighted by molar-refractivity contribution is 7.89. The molecule has 1 aliphatic rings. The van der Waals surface area contributed by atoms with E-state index in [1.54, 1.807) is 6.07 Å². The molecule has 3 rings (SSSR count). The molecule has 1 aliphatic heterocycles. The molecule has 0 bridgehead atoms. The molecule has 1 atom stereocenters. The van der Waals surface area contributed by atoms with E-state index in [0.29, 0.717) is 24.3 Å². The van der Waals surface area contributed by atoms with Gasteiger partial charge in [0.25, 0.3) is 5.69 Å². The van der Waals surface area contributed by atoms with Gasteiger partial charge in [-0.05, 0) is 43.2 Å². The van der Waals surface area contributed by atoms with Crippen LogP contribution < -0.4 is 14.9 Å². The zero-order valence-corrected chi connectivity index (χ0v) is 17.1. The molecule has 0 aliphatic carbocycles. The van der Waals surface area contributed by atoms with Gasteiger partial charge in [-0.3, -0.25) is 19.7 Å². The molecule has 1 heterocycles. The summed E-state index contributed by atoms with van der Waals surface area (Å²) in [6, 6.07) is 8.74. The second-order valence-electron chi connectivity index (χ2n) is 6.86. The number of hydrogen-bond acceptors (Lipinski definition) is 6. The van der Waals surface area contributed by atoms with Crippen molar-refractivity contribution in [3.05, 3.63) is 58.1 Å². The molecular formula is C19H20N4O6S. The normalized spacial score (nSPS) is 14.1. The summed E-state index contributed by atoms with van der Waals surface area (Å²) in [5.41, 5.74) is 1.51. The highest BCUT2D eigenvalue weighted by Gasteiger charge is 2.31. The van der Waals surface area contributed by atoms with Crippen molar-refractivity contribution in [3.8, 4) is 0 Å². The Kier molecular flexibility index (Phi) is 5.85. The Morgan fingerprint density at radius 3 is 2.43 bits per heavy atom. The van der Waals surface area contributed by atoms with Gasteiger partial charge in [-0.2, -0.15) is 4.72 Å². The van der Waals surface area contributed by atoms with Crippen molar-refractivity contribution in [1.29, 1.82) is 0 Å². The molecule has 2 aromatic carbocycles. The van der Waals surface area contributed by atoms with Gasteiger partial charge in [-0.15, -0.1) is 0 Å². The second kappa shape index (κ2) is 8.20. The maximum atomic E-state index is 12.9. The van der Waals surface area contributed by atoms with Crippen LogP contribution in [0.3, 0.4) is 0 Å². The van der Waals surface area contributed by atoms with E-state index in [9.17, 15) is 28.1 Å². The number of nitrogens with one attached hydrogen (secondary N) is 2. The first kappa shape index (κ1) is 21.4. The SMILES string of the molecule is CC(=O)Nc1ccc(S(=O)(=O)N[C@@H](C)C(=O)N2CCc3ccc([N+](=O)[O-])cc32)cc1. The lowest BCUT2D eigenvalue weighted by Gasteiger charge is -2.22. The summed E-state index contributed by atoms with van der Waals surface area (Å²) in [6.45, 7) is 3.07. The van der Waals surface area contributed by atoms with E-state index >= 15 is 0 Å². The van der Waals surface area contributed by atoms with E-state index < -0.39 is 26.9 Å². The van der Waals surface area contributed by atoms with Gasteiger partial charge >= 0.3 is 0 Å². The van der Waals surface area contributed by atoms with E-state index in [0.717, 1.165) is 5.56 Å². The summed E-state index contributed by atoms with van der Waals surface area (Å²) >= 11 is 0. The fourth-order valence-corrected chi connectivity index (χ4v) is 4.41. The monoisotopic (exact) mass is 432 g/mol. The molecular weight excluding hydrogens is 412 g/mol. The average molecular weight is 432 g/mol. The molecule has 2 aromatic rings. The molecule has 0 spiro atoms. The largest absolute Gasteiger partial charge is 0.326 e. The second-order valence-corrected chi connectivity index (χ2v) is 8.57. The van der Waals surface area contributed by atoms with Crippen LogP contribution in [0, 0.1) is 10.1 Å². The first-order valence-corrected chi connectivity index (χ1v) is 10.6. The maximum absolute atomic E-state index is 12.9. The summed E-state index contributed by atoms with van der Waals surface area (Å²) in [5, 5.41) is 13.6. The summed E-state index contributed by atoms with van der Waals surface area (Å²) in [5.74, 6) is -0.790. The van der Waals surface area contributed by atoms with Crippen LogP contribution in [0.4, 0.5) is 17.1 Å². The molecule has 0 radical (unpaired) electrons. The van der Waals surface area contributed by atoms with Gasteiger partial charge < -0.3 is 10.2 Å². The van der Waals surface area contributed by atoms with Gasteiger partial charge in [-0.25, -0.2) is 8.42 Å². The lowest BCUT2D eigenvalue weighted by Crippen LogP contribution is -2.46. The fraction of sp³-hybridized carbons (Fsp3) is 0.263. The first-order chi connectivity index (χ1) is 14.1. The number of non-ortho nitro benzene ring substituents is 1. The molecule has 158 valence electrons. The van der Waals surface area contributed by atoms with E-state index in [-0.39, 0.29) is 16.5 Å². The number of nitro benzene ring substituents is 1. The molecule has 0 saturated carbocycles. The van der Waals surface area contributed by atoms with Gasteiger partial charge in [0.05, 0.1) is 21.5 Å². The standard InChI is InChI=1S/C19H20N4O6S/c1-12(21-30(28,29)17-7-4-15(5-8-17)20-13(2)24)19(25)22-10-9-14-3-6-16(23(26)27)11-18(14)22/h3-8,11-12,21H,9-10H2,1-2H3,(H,20,24)/t12-/m0/s1. The van der Waals surface area contributed by atoms with Crippen LogP contribution in [0.25, 0.3) is 0 Å². The lowest BCUT2D eigenvalue weighted by molar-refractivity contribution is -0.384. The van der Waals surface area contributed by atoms with Crippen molar-refractivity contribution in [2.45, 2.75) is 31.2 Å². The molecule has 2 amide bonds. The predicted molar refractivity (Wildman–Crippen MR) is 110 cm³/mol. The van der Waals surface area contributed by atoms with Crippen LogP contribution in [0.2, 0.25) is 0 Å². The summed E-state index contributed by atoms with van der Waals surface area (Å²) < 4.78 is 27.6. The van der Waals surface area contributed by atoms with Gasteiger partial charge in [-0.1, -0.05) is 6.07 Å². The van der Waals surface area contributed by atoms with Crippen LogP contribution in [0.5, 0.6) is 0 Å². The van der Waals surface area contributed by atoms with E-state index in [1.165, 1.54) is 55.1 Å². The lowest BCUT2D eigenvalue weighted by atomic mass is 10.1. The predicted octanol–water partition coefficient (Wildman–Crippen LogP) is 1.81. The van der Waals surface area contributed by atoms with Crippen molar-refractivity contribution in [3.63, 3.8) is 0 Å². The Morgan fingerprint density at radius 2 is 1.83 bits per heavy atom. The minimum atomic E-state index is -4.00. The number of nitrogens with zero attached hydrogens (tertiary/aromatic N) is 2. The fourth-order valence-electron chi connectivity index (χ4n) is 3.22. The Bertz CT molecular complexity index is 1110. The van der Waals surface area contributed by atoms with Crippen molar-refractivity contribution >= 4 is 38.9 Å². The quantitative estimate of drug-likeness (QED) is 0.527. The Morgan fingerprint density at radius 1 is 1.17 bits per heavy atom. The van der Waals surface area contributed by atoms with E-state index in [1.807, 2.05) is 0 Å². The third-order valence-corrected chi connectivity index (χ3v) is 6.19. The number of carbonyl (C=O) groups excluding carboxylic acids is 2. The minimum Gasteiger partial charge on any atom is -0.326 e. The number of benzene rings is 2. The molecule has 0 aromatic heterocycles. The van der Waals surface area contributed by atoms with Crippen LogP contribution >= 0.6 is 0 Å². The topological polar surface area (TPSA) is 139 Å². The third kappa shape index (κ3) is 4.47. The highest BCUT2D eigenvalue weighted by atomic mass is 32.2. The van der Waals surface area contributed by atoms with Crippen molar-refractivity contribution in [1.82, 2.24) is 4.72 Å². The summed E-state index contributed by atoms with van der Waals surface area (Å²) in [7, 11) is -4.00. The smallest absolute Gasteiger partial charge is 0.271 e. The average Bonchev–Trinajstić information content (AvgIpc) is 3.10. The third-order valence-electron chi connectivity index (χ3n) is 4.63. The molecule has 11 heteroatoms. The van der Waals surface area contributed by atoms with Crippen LogP contribution in [0.1, 0.15) is 19.4 Å². The minimum absolute atomic E-state index is 0.0614. The molecule has 30 heavy (non-hydrogen) atoms. The van der Waals surface area contributed by atoms with Crippen LogP contribution in [-0.2, 0) is 26.0 Å². The highest BCUT2D eigenvalue weighted by Crippen LogP contribution is 2.32. The van der Waals surface area contributed by atoms with E-state index in [4.69, 9.17) is 0 Å². The van der Waals surface area contributed by atoms with Crippen molar-refractivity contribution in [2.75, 3.05) is 16.8 Å². The summed E-state index contributed by atoms with van der Waals surface area (Å²) in [4.78, 5) is 35.7. The summed E-state index contributed by atoms with van der Waals surface area (Å²) in [6.07, 6.45) is 0.531. The number of hydrogen-bond donors (Lipinski definition) is 2. The Labute approximate surface area is 173 Å². The van der Waals surface area contributed by atoms with Gasteiger partial charge in [0, 0.05) is 31.3 Å². The number of sulfonamides is 1. The zero-order chi connectivity index (χ0) is 22.1. The number of nitro groups is 1. The van der Waals surface area contributed by atoms with Crippen LogP contribution in [0.15, 0.2) is 47.4 Å². The maximum Gasteiger partial charge on any atom is 0.271 e. The number of rotatable bonds is 6. The molecule has 2 N–H and O–H groups in total. The van der Waals surface area contributed by atoms with Gasteiger partial charge in [0.15, 0.2) is 0 Å². The van der Waals surface area contributed by atoms with Crippen LogP contribution in [-0.4, -0.2) is 37.7 Å². The number of carbonyl (C=O) groups is 2. The van der Waals surface area contributed by atoms with Crippen molar-refractivity contribution < 1.29 is 22.9 Å². The number of amides is 2. The Balaban J connectivity index is 1.75. The van der Waals surface area contributed by atoms with Crippen molar-refractivity contribution in [2.24, 2.45) is 0 Å². The van der Waals surface area contributed by atoms with Gasteiger partial charge in [0.1, 0.15) is 0 Å².